The number of fused-ring (bicyclic) bond motifs is 5. The van der Waals surface area contributed by atoms with Crippen LogP contribution >= 0.6 is 33.2 Å². The van der Waals surface area contributed by atoms with Crippen LogP contribution in [0.5, 0.6) is 5.75 Å². The predicted molar refractivity (Wildman–Crippen MR) is 215 cm³/mol. The fourth-order valence-corrected chi connectivity index (χ4v) is 9.62. The number of rotatable bonds is 10. The second-order valence-electron chi connectivity index (χ2n) is 15.4. The quantitative estimate of drug-likeness (QED) is 0.160. The monoisotopic (exact) mass is 825 g/mol. The summed E-state index contributed by atoms with van der Waals surface area (Å²) in [4.78, 5) is 56.9. The van der Waals surface area contributed by atoms with Crippen molar-refractivity contribution < 1.29 is 48.0 Å². The second kappa shape index (κ2) is 18.1. The normalized spacial score (nSPS) is 30.8. The molecule has 0 aliphatic carbocycles. The number of carbonyl (C=O) groups excluding carboxylic acids is 4. The van der Waals surface area contributed by atoms with Crippen LogP contribution in [-0.4, -0.2) is 115 Å². The first-order valence-electron chi connectivity index (χ1n) is 18.3. The number of alkyl carbamates (subject to hydrolysis) is 1. The van der Waals surface area contributed by atoms with E-state index in [9.17, 15) is 24.3 Å². The third-order valence-corrected chi connectivity index (χ3v) is 13.8. The highest BCUT2D eigenvalue weighted by atomic mass is 35.5. The van der Waals surface area contributed by atoms with E-state index in [4.69, 9.17) is 35.3 Å². The summed E-state index contributed by atoms with van der Waals surface area (Å²) in [5.41, 5.74) is -0.900. The highest BCUT2D eigenvalue weighted by Crippen LogP contribution is 2.49. The van der Waals surface area contributed by atoms with Crippen LogP contribution in [0, 0.1) is 5.92 Å². The molecule has 2 fully saturated rings. The van der Waals surface area contributed by atoms with E-state index >= 15 is 0 Å². The molecule has 3 aliphatic heterocycles. The lowest BCUT2D eigenvalue weighted by Crippen LogP contribution is -2.63. The van der Waals surface area contributed by atoms with Crippen LogP contribution in [0.3, 0.4) is 0 Å². The van der Waals surface area contributed by atoms with Gasteiger partial charge in [-0.25, -0.2) is 9.59 Å². The van der Waals surface area contributed by atoms with Gasteiger partial charge in [-0.05, 0) is 71.4 Å². The Kier molecular flexibility index (Phi) is 14.7. The number of likely N-dealkylation sites (N-methyl/N-ethyl adjacent to an activating group) is 1. The molecule has 0 saturated carbocycles. The SMILES string of the molecule is COc1cc2cc(c1Cl)N(C)C(=O)C[C@H](OC(=O)[C@H](C)N(C)C(=O)CCC(C)(C)SSC)[C@@]1(C)O[C@H]1[C@H](C)[C@@H]1C[C@@](O)(NC(=O)O1)[C@H](OC)/C=C/C=C(\C)C2. The Hall–Kier alpha value is -2.95. The number of allylic oxidation sites excluding steroid dienone is 3. The van der Waals surface area contributed by atoms with Crippen molar-refractivity contribution in [1.82, 2.24) is 10.2 Å². The maximum atomic E-state index is 14.2. The smallest absolute Gasteiger partial charge is 0.409 e. The number of hydrogen-bond donors (Lipinski definition) is 2. The van der Waals surface area contributed by atoms with E-state index in [-0.39, 0.29) is 34.9 Å². The lowest BCUT2D eigenvalue weighted by atomic mass is 9.83. The van der Waals surface area contributed by atoms with Gasteiger partial charge in [0.2, 0.25) is 11.8 Å². The topological polar surface area (TPSA) is 156 Å². The van der Waals surface area contributed by atoms with Gasteiger partial charge in [-0.3, -0.25) is 14.9 Å². The highest BCUT2D eigenvalue weighted by Gasteiger charge is 2.64. The molecule has 2 saturated heterocycles. The van der Waals surface area contributed by atoms with Crippen molar-refractivity contribution in [3.8, 4) is 5.75 Å². The Balaban J connectivity index is 1.71. The predicted octanol–water partition coefficient (Wildman–Crippen LogP) is 6.08. The highest BCUT2D eigenvalue weighted by molar-refractivity contribution is 8.76. The molecule has 55 heavy (non-hydrogen) atoms. The van der Waals surface area contributed by atoms with Gasteiger partial charge in [-0.1, -0.05) is 63.9 Å². The molecule has 4 rings (SSSR count). The van der Waals surface area contributed by atoms with Gasteiger partial charge in [0.05, 0.1) is 25.3 Å². The minimum Gasteiger partial charge on any atom is -0.495 e. The number of amides is 3. The molecule has 16 heteroatoms. The Labute approximate surface area is 337 Å². The number of hydrogen-bond acceptors (Lipinski definition) is 12. The molecule has 1 aromatic rings. The summed E-state index contributed by atoms with van der Waals surface area (Å²) in [6, 6.07) is 2.62. The number of methoxy groups -OCH3 is 2. The molecular weight excluding hydrogens is 770 g/mol. The molecule has 0 aromatic heterocycles. The zero-order valence-corrected chi connectivity index (χ0v) is 36.0. The Morgan fingerprint density at radius 1 is 1.25 bits per heavy atom. The van der Waals surface area contributed by atoms with Gasteiger partial charge in [-0.2, -0.15) is 0 Å². The molecule has 8 atom stereocenters. The molecule has 3 aliphatic rings. The number of aliphatic hydroxyl groups is 1. The van der Waals surface area contributed by atoms with Crippen molar-refractivity contribution in [2.75, 3.05) is 39.5 Å². The first kappa shape index (κ1) is 44.8. The number of epoxide rings is 1. The first-order chi connectivity index (χ1) is 25.7. The van der Waals surface area contributed by atoms with Crippen LogP contribution in [0.1, 0.15) is 72.8 Å². The Bertz CT molecular complexity index is 1680. The summed E-state index contributed by atoms with van der Waals surface area (Å²) in [7, 11) is 9.39. The summed E-state index contributed by atoms with van der Waals surface area (Å²) in [6.45, 7) is 11.2. The van der Waals surface area contributed by atoms with Gasteiger partial charge in [0.15, 0.2) is 5.72 Å². The van der Waals surface area contributed by atoms with Gasteiger partial charge in [0.25, 0.3) is 0 Å². The number of carbonyl (C=O) groups is 4. The molecule has 0 radical (unpaired) electrons. The van der Waals surface area contributed by atoms with Crippen molar-refractivity contribution in [1.29, 1.82) is 0 Å². The van der Waals surface area contributed by atoms with Crippen LogP contribution in [0.15, 0.2) is 35.9 Å². The van der Waals surface area contributed by atoms with E-state index < -0.39 is 65.7 Å². The first-order valence-corrected chi connectivity index (χ1v) is 21.2. The summed E-state index contributed by atoms with van der Waals surface area (Å²) in [5, 5.41) is 14.5. The van der Waals surface area contributed by atoms with Crippen LogP contribution in [0.2, 0.25) is 5.02 Å². The lowest BCUT2D eigenvalue weighted by Gasteiger charge is -2.42. The molecule has 3 amide bonds. The summed E-state index contributed by atoms with van der Waals surface area (Å²) >= 11 is 6.78. The van der Waals surface area contributed by atoms with Crippen LogP contribution in [0.4, 0.5) is 10.5 Å². The van der Waals surface area contributed by atoms with Gasteiger partial charge in [0, 0.05) is 44.7 Å². The molecule has 2 N–H and O–H groups in total. The number of halogens is 1. The number of anilines is 1. The molecule has 0 spiro atoms. The Morgan fingerprint density at radius 3 is 2.58 bits per heavy atom. The average molecular weight is 826 g/mol. The number of benzene rings is 1. The summed E-state index contributed by atoms with van der Waals surface area (Å²) in [6.07, 6.45) is 3.81. The zero-order valence-electron chi connectivity index (χ0n) is 33.6. The second-order valence-corrected chi connectivity index (χ2v) is 18.9. The van der Waals surface area contributed by atoms with E-state index in [1.807, 2.05) is 26.2 Å². The standard InChI is InChI=1S/C39H56ClN3O10S2/c1-22-13-12-14-29(50-10)39(48)21-28(51-36(47)41-39)23(2)34-38(6,53-34)30(20-32(45)43(8)26-18-25(17-22)19-27(49-9)33(26)40)52-35(46)24(3)42(7)31(44)15-16-37(4,5)55-54-11/h12-14,18-19,23-24,28-30,34,48H,15-17,20-21H2,1-11H3,(H,41,47)/b14-12+,22-13+/t23-,24+,28+,29-,30+,34+,38-,39+/m1/s1. The van der Waals surface area contributed by atoms with Gasteiger partial charge in [-0.15, -0.1) is 0 Å². The third-order valence-electron chi connectivity index (χ3n) is 10.8. The van der Waals surface area contributed by atoms with Crippen molar-refractivity contribution in [3.05, 3.63) is 46.5 Å². The van der Waals surface area contributed by atoms with Crippen LogP contribution < -0.4 is 15.0 Å². The van der Waals surface area contributed by atoms with Crippen molar-refractivity contribution in [3.63, 3.8) is 0 Å². The van der Waals surface area contributed by atoms with E-state index in [0.29, 0.717) is 24.3 Å². The number of esters is 1. The minimum absolute atomic E-state index is 0.0478. The van der Waals surface area contributed by atoms with Crippen LogP contribution in [-0.2, 0) is 39.8 Å². The molecule has 4 bridgehead atoms. The maximum Gasteiger partial charge on any atom is 0.409 e. The fourth-order valence-electron chi connectivity index (χ4n) is 7.07. The average Bonchev–Trinajstić information content (AvgIpc) is 3.82. The van der Waals surface area contributed by atoms with Gasteiger partial charge >= 0.3 is 12.1 Å². The molecule has 306 valence electrons. The van der Waals surface area contributed by atoms with Crippen LogP contribution in [0.25, 0.3) is 0 Å². The molecule has 0 unspecified atom stereocenters. The fraction of sp³-hybridized carbons (Fsp3) is 0.641. The molecule has 13 nitrogen and oxygen atoms in total. The van der Waals surface area contributed by atoms with E-state index in [1.165, 1.54) is 24.0 Å². The maximum absolute atomic E-state index is 14.2. The van der Waals surface area contributed by atoms with E-state index in [2.05, 4.69) is 19.2 Å². The zero-order chi connectivity index (χ0) is 41.0. The summed E-state index contributed by atoms with van der Waals surface area (Å²) in [5.74, 6) is -1.50. The largest absolute Gasteiger partial charge is 0.495 e. The van der Waals surface area contributed by atoms with Crippen molar-refractivity contribution >= 4 is 62.8 Å². The lowest BCUT2D eigenvalue weighted by molar-refractivity contribution is -0.162. The molecule has 3 heterocycles. The van der Waals surface area contributed by atoms with Crippen molar-refractivity contribution in [2.24, 2.45) is 5.92 Å². The van der Waals surface area contributed by atoms with E-state index in [0.717, 1.165) is 11.1 Å². The number of ether oxygens (including phenoxy) is 5. The number of nitrogens with one attached hydrogen (secondary N) is 1. The van der Waals surface area contributed by atoms with Gasteiger partial charge < -0.3 is 38.6 Å². The summed E-state index contributed by atoms with van der Waals surface area (Å²) < 4.78 is 29.2. The van der Waals surface area contributed by atoms with E-state index in [1.54, 1.807) is 73.8 Å². The molecule has 1 aromatic carbocycles. The minimum atomic E-state index is -1.83. The molecular formula is C39H56ClN3O10S2. The third kappa shape index (κ3) is 10.5. The number of nitrogens with zero attached hydrogens (tertiary/aromatic N) is 2. The van der Waals surface area contributed by atoms with Crippen molar-refractivity contribution in [2.45, 2.75) is 120 Å². The Morgan fingerprint density at radius 2 is 1.95 bits per heavy atom. The van der Waals surface area contributed by atoms with Gasteiger partial charge in [0.1, 0.15) is 40.7 Å².